The Kier molecular flexibility index (Phi) is 7.30. The molecule has 0 spiro atoms. The molecule has 2 atom stereocenters. The summed E-state index contributed by atoms with van der Waals surface area (Å²) < 4.78 is 6.16. The molecule has 36 heavy (non-hydrogen) atoms. The number of benzene rings is 1. The van der Waals surface area contributed by atoms with Crippen molar-refractivity contribution in [1.29, 1.82) is 0 Å². The highest BCUT2D eigenvalue weighted by molar-refractivity contribution is 6.05. The minimum Gasteiger partial charge on any atom is -0.491 e. The summed E-state index contributed by atoms with van der Waals surface area (Å²) in [5.74, 6) is 1.35. The Morgan fingerprint density at radius 2 is 1.86 bits per heavy atom. The molecule has 4 amide bonds. The molecule has 3 aliphatic heterocycles. The average Bonchev–Trinajstić information content (AvgIpc) is 3.19. The predicted molar refractivity (Wildman–Crippen MR) is 133 cm³/mol. The van der Waals surface area contributed by atoms with E-state index in [1.54, 1.807) is 17.0 Å². The number of hydrogen-bond acceptors (Lipinski definition) is 5. The summed E-state index contributed by atoms with van der Waals surface area (Å²) in [5, 5.41) is 2.33. The molecule has 0 aromatic heterocycles. The zero-order valence-electron chi connectivity index (χ0n) is 21.2. The van der Waals surface area contributed by atoms with Crippen LogP contribution in [0.1, 0.15) is 87.1 Å². The highest BCUT2D eigenvalue weighted by Crippen LogP contribution is 2.33. The van der Waals surface area contributed by atoms with Gasteiger partial charge < -0.3 is 14.5 Å². The molecule has 0 bridgehead atoms. The molecule has 1 aromatic rings. The summed E-state index contributed by atoms with van der Waals surface area (Å²) in [6.07, 6.45) is 9.09. The molecule has 8 heteroatoms. The molecule has 3 fully saturated rings. The van der Waals surface area contributed by atoms with Gasteiger partial charge in [0, 0.05) is 31.5 Å². The van der Waals surface area contributed by atoms with Gasteiger partial charge in [0.05, 0.1) is 6.04 Å². The lowest BCUT2D eigenvalue weighted by molar-refractivity contribution is -0.138. The van der Waals surface area contributed by atoms with Crippen LogP contribution in [-0.4, -0.2) is 58.7 Å². The van der Waals surface area contributed by atoms with Crippen LogP contribution in [0.5, 0.6) is 5.75 Å². The number of ether oxygens (including phenoxy) is 1. The molecule has 1 N–H and O–H groups in total. The van der Waals surface area contributed by atoms with Crippen molar-refractivity contribution in [2.24, 2.45) is 11.8 Å². The first-order valence-corrected chi connectivity index (χ1v) is 13.6. The van der Waals surface area contributed by atoms with Gasteiger partial charge in [-0.3, -0.25) is 24.5 Å². The van der Waals surface area contributed by atoms with Gasteiger partial charge in [0.25, 0.3) is 5.91 Å². The van der Waals surface area contributed by atoms with E-state index in [1.165, 1.54) is 12.8 Å². The maximum absolute atomic E-state index is 13.2. The highest BCUT2D eigenvalue weighted by atomic mass is 16.5. The number of carbonyl (C=O) groups excluding carboxylic acids is 4. The van der Waals surface area contributed by atoms with E-state index in [0.29, 0.717) is 43.2 Å². The molecule has 1 aromatic carbocycles. The smallest absolute Gasteiger partial charge is 0.255 e. The van der Waals surface area contributed by atoms with E-state index in [0.717, 1.165) is 50.1 Å². The highest BCUT2D eigenvalue weighted by Gasteiger charge is 2.39. The van der Waals surface area contributed by atoms with Gasteiger partial charge in [0.1, 0.15) is 18.4 Å². The van der Waals surface area contributed by atoms with E-state index < -0.39 is 11.9 Å². The van der Waals surface area contributed by atoms with Crippen molar-refractivity contribution in [1.82, 2.24) is 15.1 Å². The summed E-state index contributed by atoms with van der Waals surface area (Å²) >= 11 is 0. The van der Waals surface area contributed by atoms with E-state index in [1.807, 2.05) is 11.0 Å². The maximum atomic E-state index is 13.2. The number of carbonyl (C=O) groups is 4. The normalized spacial score (nSPS) is 28.6. The first-order valence-electron chi connectivity index (χ1n) is 13.6. The summed E-state index contributed by atoms with van der Waals surface area (Å²) in [6.45, 7) is 3.87. The SMILES string of the molecule is C[C@H]1CC[C@H](CC(=O)N2CCCC[C@H]2COc2ccc3c(c2)CN(C2CCC(=O)NC2=O)C3=O)CC1. The summed E-state index contributed by atoms with van der Waals surface area (Å²) in [5.41, 5.74) is 1.40. The van der Waals surface area contributed by atoms with Gasteiger partial charge in [-0.1, -0.05) is 19.8 Å². The molecule has 5 rings (SSSR count). The van der Waals surface area contributed by atoms with Gasteiger partial charge in [0.15, 0.2) is 0 Å². The van der Waals surface area contributed by atoms with Crippen LogP contribution in [-0.2, 0) is 20.9 Å². The summed E-state index contributed by atoms with van der Waals surface area (Å²) in [6, 6.07) is 4.87. The Morgan fingerprint density at radius 3 is 2.64 bits per heavy atom. The van der Waals surface area contributed by atoms with Crippen LogP contribution in [0.2, 0.25) is 0 Å². The van der Waals surface area contributed by atoms with Crippen LogP contribution < -0.4 is 10.1 Å². The molecular weight excluding hydrogens is 458 g/mol. The van der Waals surface area contributed by atoms with E-state index >= 15 is 0 Å². The van der Waals surface area contributed by atoms with Crippen molar-refractivity contribution < 1.29 is 23.9 Å². The number of fused-ring (bicyclic) bond motifs is 1. The van der Waals surface area contributed by atoms with Crippen LogP contribution in [0.4, 0.5) is 0 Å². The molecule has 4 aliphatic rings. The van der Waals surface area contributed by atoms with Crippen molar-refractivity contribution in [2.45, 2.75) is 89.8 Å². The number of amides is 4. The molecule has 2 saturated heterocycles. The second kappa shape index (κ2) is 10.6. The fourth-order valence-corrected chi connectivity index (χ4v) is 6.23. The lowest BCUT2D eigenvalue weighted by atomic mass is 9.81. The zero-order valence-corrected chi connectivity index (χ0v) is 21.2. The molecule has 1 saturated carbocycles. The minimum absolute atomic E-state index is 0.0728. The Labute approximate surface area is 212 Å². The average molecular weight is 496 g/mol. The minimum atomic E-state index is -0.624. The topological polar surface area (TPSA) is 96.0 Å². The Balaban J connectivity index is 1.19. The Hall–Kier alpha value is -2.90. The van der Waals surface area contributed by atoms with E-state index in [9.17, 15) is 19.2 Å². The number of nitrogens with zero attached hydrogens (tertiary/aromatic N) is 2. The molecule has 3 heterocycles. The van der Waals surface area contributed by atoms with Crippen molar-refractivity contribution in [2.75, 3.05) is 13.2 Å². The molecule has 1 aliphatic carbocycles. The lowest BCUT2D eigenvalue weighted by Gasteiger charge is -2.37. The van der Waals surface area contributed by atoms with Crippen LogP contribution in [0.15, 0.2) is 18.2 Å². The van der Waals surface area contributed by atoms with Gasteiger partial charge >= 0.3 is 0 Å². The third-order valence-corrected chi connectivity index (χ3v) is 8.48. The van der Waals surface area contributed by atoms with Crippen molar-refractivity contribution in [3.05, 3.63) is 29.3 Å². The zero-order chi connectivity index (χ0) is 25.2. The van der Waals surface area contributed by atoms with Gasteiger partial charge in [-0.25, -0.2) is 0 Å². The maximum Gasteiger partial charge on any atom is 0.255 e. The molecular formula is C28H37N3O5. The van der Waals surface area contributed by atoms with Gasteiger partial charge in [-0.2, -0.15) is 0 Å². The quantitative estimate of drug-likeness (QED) is 0.610. The molecule has 194 valence electrons. The number of rotatable bonds is 6. The third-order valence-electron chi connectivity index (χ3n) is 8.48. The number of hydrogen-bond donors (Lipinski definition) is 1. The Bertz CT molecular complexity index is 1030. The second-order valence-corrected chi connectivity index (χ2v) is 11.1. The van der Waals surface area contributed by atoms with E-state index in [2.05, 4.69) is 12.2 Å². The summed E-state index contributed by atoms with van der Waals surface area (Å²) in [7, 11) is 0. The lowest BCUT2D eigenvalue weighted by Crippen LogP contribution is -2.52. The monoisotopic (exact) mass is 495 g/mol. The number of piperidine rings is 2. The molecule has 1 unspecified atom stereocenters. The first kappa shape index (κ1) is 24.8. The second-order valence-electron chi connectivity index (χ2n) is 11.1. The van der Waals surface area contributed by atoms with Gasteiger partial charge in [0.2, 0.25) is 17.7 Å². The predicted octanol–water partition coefficient (Wildman–Crippen LogP) is 3.42. The van der Waals surface area contributed by atoms with Crippen LogP contribution >= 0.6 is 0 Å². The standard InChI is InChI=1S/C28H37N3O5/c1-18-5-7-19(8-6-18)14-26(33)30-13-3-2-4-21(30)17-36-22-9-10-23-20(15-22)16-31(28(23)35)24-11-12-25(32)29-27(24)34/h9-10,15,18-19,21,24H,2-8,11-14,16-17H2,1H3,(H,29,32,34)/t18-,19-,21-,24?/m0/s1. The molecule has 8 nitrogen and oxygen atoms in total. The van der Waals surface area contributed by atoms with Gasteiger partial charge in [-0.05, 0) is 74.1 Å². The first-order chi connectivity index (χ1) is 17.4. The number of imide groups is 1. The van der Waals surface area contributed by atoms with Crippen LogP contribution in [0.25, 0.3) is 0 Å². The van der Waals surface area contributed by atoms with Crippen LogP contribution in [0, 0.1) is 11.8 Å². The molecule has 0 radical (unpaired) electrons. The summed E-state index contributed by atoms with van der Waals surface area (Å²) in [4.78, 5) is 53.4. The van der Waals surface area contributed by atoms with Crippen molar-refractivity contribution in [3.8, 4) is 5.75 Å². The fraction of sp³-hybridized carbons (Fsp3) is 0.643. The number of likely N-dealkylation sites (tertiary alicyclic amines) is 1. The van der Waals surface area contributed by atoms with Gasteiger partial charge in [-0.15, -0.1) is 0 Å². The Morgan fingerprint density at radius 1 is 1.06 bits per heavy atom. The largest absolute Gasteiger partial charge is 0.491 e. The fourth-order valence-electron chi connectivity index (χ4n) is 6.23. The van der Waals surface area contributed by atoms with E-state index in [-0.39, 0.29) is 30.2 Å². The van der Waals surface area contributed by atoms with Crippen molar-refractivity contribution in [3.63, 3.8) is 0 Å². The van der Waals surface area contributed by atoms with Crippen molar-refractivity contribution >= 4 is 23.6 Å². The van der Waals surface area contributed by atoms with E-state index in [4.69, 9.17) is 4.74 Å². The number of nitrogens with one attached hydrogen (secondary N) is 1. The third kappa shape index (κ3) is 5.27. The van der Waals surface area contributed by atoms with Crippen LogP contribution in [0.3, 0.4) is 0 Å².